The third-order valence-electron chi connectivity index (χ3n) is 4.04. The van der Waals surface area contributed by atoms with Crippen molar-refractivity contribution in [3.63, 3.8) is 0 Å². The van der Waals surface area contributed by atoms with Gasteiger partial charge >= 0.3 is 6.01 Å². The molecule has 0 aromatic carbocycles. The molecule has 0 radical (unpaired) electrons. The summed E-state index contributed by atoms with van der Waals surface area (Å²) in [4.78, 5) is 24.2. The molecule has 0 atom stereocenters. The summed E-state index contributed by atoms with van der Waals surface area (Å²) in [5.41, 5.74) is 1.41. The summed E-state index contributed by atoms with van der Waals surface area (Å²) in [6.45, 7) is 2.03. The van der Waals surface area contributed by atoms with Gasteiger partial charge in [-0.3, -0.25) is 9.78 Å². The Kier molecular flexibility index (Phi) is 4.84. The Morgan fingerprint density at radius 1 is 1.19 bits per heavy atom. The quantitative estimate of drug-likeness (QED) is 0.647. The number of pyridine rings is 1. The number of hydrogen-bond acceptors (Lipinski definition) is 7. The van der Waals surface area contributed by atoms with Crippen molar-refractivity contribution in [3.8, 4) is 17.3 Å². The summed E-state index contributed by atoms with van der Waals surface area (Å²) >= 11 is 0. The predicted octanol–water partition coefficient (Wildman–Crippen LogP) is 1.31. The first kappa shape index (κ1) is 17.2. The molecule has 3 aromatic rings. The third kappa shape index (κ3) is 4.14. The molecule has 9 heteroatoms. The van der Waals surface area contributed by atoms with E-state index in [0.717, 1.165) is 6.20 Å². The maximum absolute atomic E-state index is 13.3. The minimum atomic E-state index is -0.464. The first-order chi connectivity index (χ1) is 13.2. The molecule has 0 spiro atoms. The van der Waals surface area contributed by atoms with Crippen LogP contribution in [0.1, 0.15) is 5.56 Å². The molecule has 0 aliphatic carbocycles. The van der Waals surface area contributed by atoms with Crippen LogP contribution in [-0.2, 0) is 11.3 Å². The zero-order chi connectivity index (χ0) is 18.6. The first-order valence-electron chi connectivity index (χ1n) is 8.38. The molecule has 138 valence electrons. The zero-order valence-corrected chi connectivity index (χ0v) is 14.3. The summed E-state index contributed by atoms with van der Waals surface area (Å²) in [6, 6.07) is 4.59. The number of ether oxygens (including phenoxy) is 2. The summed E-state index contributed by atoms with van der Waals surface area (Å²) < 4.78 is 25.1. The number of nitrogens with zero attached hydrogens (tertiary/aromatic N) is 5. The summed E-state index contributed by atoms with van der Waals surface area (Å²) in [7, 11) is 0. The summed E-state index contributed by atoms with van der Waals surface area (Å²) in [5.74, 6) is -0.0787. The van der Waals surface area contributed by atoms with Gasteiger partial charge in [-0.15, -0.1) is 0 Å². The average molecular weight is 369 g/mol. The Balaban J connectivity index is 1.50. The second-order valence-electron chi connectivity index (χ2n) is 6.19. The van der Waals surface area contributed by atoms with E-state index in [2.05, 4.69) is 20.1 Å². The number of rotatable bonds is 6. The van der Waals surface area contributed by atoms with Crippen molar-refractivity contribution < 1.29 is 13.9 Å². The lowest BCUT2D eigenvalue weighted by molar-refractivity contribution is -0.0520. The van der Waals surface area contributed by atoms with Crippen LogP contribution in [0.15, 0.2) is 47.8 Å². The fourth-order valence-electron chi connectivity index (χ4n) is 2.53. The van der Waals surface area contributed by atoms with Gasteiger partial charge in [0.25, 0.3) is 5.56 Å². The molecule has 0 amide bonds. The lowest BCUT2D eigenvalue weighted by atomic mass is 10.1. The van der Waals surface area contributed by atoms with Gasteiger partial charge in [-0.05, 0) is 17.7 Å². The highest BCUT2D eigenvalue weighted by molar-refractivity contribution is 5.55. The summed E-state index contributed by atoms with van der Waals surface area (Å²) in [6.07, 6.45) is 5.77. The van der Waals surface area contributed by atoms with Gasteiger partial charge in [-0.2, -0.15) is 5.10 Å². The molecule has 0 unspecified atom stereocenters. The molecule has 0 N–H and O–H groups in total. The predicted molar refractivity (Wildman–Crippen MR) is 92.6 cm³/mol. The van der Waals surface area contributed by atoms with Crippen LogP contribution in [0.2, 0.25) is 0 Å². The molecular weight excluding hydrogens is 353 g/mol. The molecule has 8 nitrogen and oxygen atoms in total. The molecule has 27 heavy (non-hydrogen) atoms. The van der Waals surface area contributed by atoms with Gasteiger partial charge in [-0.25, -0.2) is 19.0 Å². The SMILES string of the molecule is O=c1ccc(-c2cnc(OCC3COC3)nc2)nn1Cc1cncc(F)c1. The van der Waals surface area contributed by atoms with Gasteiger partial charge in [0, 0.05) is 36.1 Å². The lowest BCUT2D eigenvalue weighted by Crippen LogP contribution is -2.32. The van der Waals surface area contributed by atoms with Crippen LogP contribution < -0.4 is 10.3 Å². The zero-order valence-electron chi connectivity index (χ0n) is 14.3. The largest absolute Gasteiger partial charge is 0.463 e. The van der Waals surface area contributed by atoms with E-state index in [-0.39, 0.29) is 18.1 Å². The molecular formula is C18H16FN5O3. The van der Waals surface area contributed by atoms with Gasteiger partial charge in [0.15, 0.2) is 0 Å². The Bertz CT molecular complexity index is 989. The molecule has 0 saturated carbocycles. The van der Waals surface area contributed by atoms with E-state index in [1.165, 1.54) is 23.0 Å². The highest BCUT2D eigenvalue weighted by atomic mass is 19.1. The van der Waals surface area contributed by atoms with Crippen molar-refractivity contribution in [2.75, 3.05) is 19.8 Å². The minimum Gasteiger partial charge on any atom is -0.463 e. The average Bonchev–Trinajstić information content (AvgIpc) is 2.63. The monoisotopic (exact) mass is 369 g/mol. The Morgan fingerprint density at radius 2 is 2.00 bits per heavy atom. The van der Waals surface area contributed by atoms with Crippen LogP contribution in [0.3, 0.4) is 0 Å². The fraction of sp³-hybridized carbons (Fsp3) is 0.278. The molecule has 0 bridgehead atoms. The Hall–Kier alpha value is -3.20. The van der Waals surface area contributed by atoms with Crippen LogP contribution in [0, 0.1) is 11.7 Å². The van der Waals surface area contributed by atoms with Crippen molar-refractivity contribution >= 4 is 0 Å². The van der Waals surface area contributed by atoms with Crippen molar-refractivity contribution in [1.29, 1.82) is 0 Å². The van der Waals surface area contributed by atoms with Gasteiger partial charge < -0.3 is 9.47 Å². The van der Waals surface area contributed by atoms with E-state index in [9.17, 15) is 9.18 Å². The number of halogens is 1. The van der Waals surface area contributed by atoms with Crippen LogP contribution in [0.25, 0.3) is 11.3 Å². The fourth-order valence-corrected chi connectivity index (χ4v) is 2.53. The van der Waals surface area contributed by atoms with E-state index in [4.69, 9.17) is 9.47 Å². The second kappa shape index (κ2) is 7.58. The molecule has 1 fully saturated rings. The third-order valence-corrected chi connectivity index (χ3v) is 4.04. The molecule has 4 heterocycles. The lowest BCUT2D eigenvalue weighted by Gasteiger charge is -2.25. The second-order valence-corrected chi connectivity index (χ2v) is 6.19. The van der Waals surface area contributed by atoms with Crippen LogP contribution >= 0.6 is 0 Å². The molecule has 4 rings (SSSR count). The van der Waals surface area contributed by atoms with Crippen molar-refractivity contribution in [2.24, 2.45) is 5.92 Å². The van der Waals surface area contributed by atoms with E-state index < -0.39 is 5.82 Å². The Labute approximate surface area is 153 Å². The highest BCUT2D eigenvalue weighted by Gasteiger charge is 2.19. The van der Waals surface area contributed by atoms with E-state index >= 15 is 0 Å². The van der Waals surface area contributed by atoms with Crippen LogP contribution in [0.5, 0.6) is 6.01 Å². The van der Waals surface area contributed by atoms with Crippen LogP contribution in [0.4, 0.5) is 4.39 Å². The number of hydrogen-bond donors (Lipinski definition) is 0. The smallest absolute Gasteiger partial charge is 0.316 e. The standard InChI is InChI=1S/C18H16FN5O3/c19-15-3-12(4-20-7-15)8-24-17(25)2-1-16(23-24)14-5-21-18(22-6-14)27-11-13-9-26-10-13/h1-7,13H,8-11H2. The first-order valence-corrected chi connectivity index (χ1v) is 8.38. The highest BCUT2D eigenvalue weighted by Crippen LogP contribution is 2.16. The van der Waals surface area contributed by atoms with Crippen molar-refractivity contribution in [1.82, 2.24) is 24.7 Å². The maximum atomic E-state index is 13.3. The van der Waals surface area contributed by atoms with Crippen molar-refractivity contribution in [3.05, 3.63) is 64.7 Å². The van der Waals surface area contributed by atoms with Crippen molar-refractivity contribution in [2.45, 2.75) is 6.54 Å². The topological polar surface area (TPSA) is 92.0 Å². The van der Waals surface area contributed by atoms with Gasteiger partial charge in [-0.1, -0.05) is 0 Å². The van der Waals surface area contributed by atoms with Gasteiger partial charge in [0.2, 0.25) is 0 Å². The van der Waals surface area contributed by atoms with Crippen LogP contribution in [-0.4, -0.2) is 44.6 Å². The minimum absolute atomic E-state index is 0.114. The number of aromatic nitrogens is 5. The Morgan fingerprint density at radius 3 is 2.70 bits per heavy atom. The van der Waals surface area contributed by atoms with Gasteiger partial charge in [0.05, 0.1) is 38.3 Å². The maximum Gasteiger partial charge on any atom is 0.316 e. The van der Waals surface area contributed by atoms with E-state index in [0.29, 0.717) is 42.6 Å². The van der Waals surface area contributed by atoms with E-state index in [1.807, 2.05) is 0 Å². The van der Waals surface area contributed by atoms with E-state index in [1.54, 1.807) is 18.5 Å². The molecule has 1 aliphatic rings. The molecule has 3 aromatic heterocycles. The summed E-state index contributed by atoms with van der Waals surface area (Å²) in [5, 5.41) is 4.31. The molecule has 1 saturated heterocycles. The normalized spacial score (nSPS) is 14.0. The van der Waals surface area contributed by atoms with Gasteiger partial charge in [0.1, 0.15) is 5.82 Å². The molecule has 1 aliphatic heterocycles.